The van der Waals surface area contributed by atoms with Gasteiger partial charge in [0.1, 0.15) is 6.04 Å². The summed E-state index contributed by atoms with van der Waals surface area (Å²) >= 11 is 0. The number of nitrogens with zero attached hydrogens (tertiary/aromatic N) is 4. The lowest BCUT2D eigenvalue weighted by Crippen LogP contribution is -2.44. The molecule has 2 amide bonds. The number of nitrogens with one attached hydrogen (secondary N) is 1. The number of carbonyl (C=O) groups excluding carboxylic acids is 2. The van der Waals surface area contributed by atoms with Crippen molar-refractivity contribution < 1.29 is 9.59 Å². The quantitative estimate of drug-likeness (QED) is 0.813. The van der Waals surface area contributed by atoms with Crippen LogP contribution in [-0.2, 0) is 9.59 Å². The van der Waals surface area contributed by atoms with Crippen molar-refractivity contribution >= 4 is 17.6 Å². The molecular formula is C22H29N5O2. The third-order valence-electron chi connectivity index (χ3n) is 4.97. The topological polar surface area (TPSA) is 78.4 Å². The zero-order valence-electron chi connectivity index (χ0n) is 17.1. The largest absolute Gasteiger partial charge is 0.353 e. The first kappa shape index (κ1) is 20.8. The molecule has 1 aromatic carbocycles. The van der Waals surface area contributed by atoms with Gasteiger partial charge in [-0.1, -0.05) is 44.2 Å². The molecule has 2 heterocycles. The smallest absolute Gasteiger partial charge is 0.249 e. The lowest BCUT2D eigenvalue weighted by molar-refractivity contribution is -0.136. The molecule has 0 aliphatic carbocycles. The number of carbonyl (C=O) groups is 2. The van der Waals surface area contributed by atoms with Gasteiger partial charge in [-0.2, -0.15) is 5.10 Å². The first-order valence-corrected chi connectivity index (χ1v) is 10.2. The van der Waals surface area contributed by atoms with Crippen molar-refractivity contribution in [3.8, 4) is 0 Å². The molecule has 7 heteroatoms. The van der Waals surface area contributed by atoms with Crippen LogP contribution in [-0.4, -0.2) is 53.1 Å². The molecule has 0 radical (unpaired) electrons. The van der Waals surface area contributed by atoms with E-state index in [0.29, 0.717) is 26.1 Å². The number of benzene rings is 1. The van der Waals surface area contributed by atoms with Crippen LogP contribution in [0.5, 0.6) is 0 Å². The fourth-order valence-electron chi connectivity index (χ4n) is 3.54. The average Bonchev–Trinajstić information content (AvgIpc) is 2.99. The molecule has 0 spiro atoms. The van der Waals surface area contributed by atoms with E-state index in [1.54, 1.807) is 6.20 Å². The van der Waals surface area contributed by atoms with Gasteiger partial charge < -0.3 is 15.1 Å². The molecule has 2 aromatic rings. The highest BCUT2D eigenvalue weighted by molar-refractivity contribution is 5.88. The van der Waals surface area contributed by atoms with E-state index < -0.39 is 6.04 Å². The fraction of sp³-hybridized carbons (Fsp3) is 0.455. The van der Waals surface area contributed by atoms with E-state index in [-0.39, 0.29) is 17.7 Å². The molecule has 0 saturated carbocycles. The summed E-state index contributed by atoms with van der Waals surface area (Å²) in [7, 11) is 0. The summed E-state index contributed by atoms with van der Waals surface area (Å²) in [6.45, 7) is 6.73. The molecule has 7 nitrogen and oxygen atoms in total. The maximum atomic E-state index is 13.4. The standard InChI is InChI=1S/C22H29N5O2/c1-17(2)16-20(28)24-21(18-8-4-3-5-9-18)22(29)27-13-7-12-26(14-15-27)19-10-6-11-23-25-19/h3-6,8-11,17,21H,7,12-16H2,1-2H3,(H,24,28). The Balaban J connectivity index is 1.72. The van der Waals surface area contributed by atoms with Gasteiger partial charge in [0.2, 0.25) is 11.8 Å². The molecular weight excluding hydrogens is 366 g/mol. The number of aromatic nitrogens is 2. The third-order valence-corrected chi connectivity index (χ3v) is 4.97. The van der Waals surface area contributed by atoms with Gasteiger partial charge in [0.25, 0.3) is 0 Å². The normalized spacial score (nSPS) is 15.7. The van der Waals surface area contributed by atoms with Crippen LogP contribution in [0.25, 0.3) is 0 Å². The van der Waals surface area contributed by atoms with E-state index in [0.717, 1.165) is 24.3 Å². The second-order valence-electron chi connectivity index (χ2n) is 7.76. The molecule has 1 fully saturated rings. The van der Waals surface area contributed by atoms with Gasteiger partial charge >= 0.3 is 0 Å². The first-order chi connectivity index (χ1) is 14.0. The van der Waals surface area contributed by atoms with E-state index in [1.165, 1.54) is 0 Å². The lowest BCUT2D eigenvalue weighted by atomic mass is 10.0. The summed E-state index contributed by atoms with van der Waals surface area (Å²) < 4.78 is 0. The summed E-state index contributed by atoms with van der Waals surface area (Å²) in [5.41, 5.74) is 0.810. The summed E-state index contributed by atoms with van der Waals surface area (Å²) in [6.07, 6.45) is 2.89. The van der Waals surface area contributed by atoms with Crippen LogP contribution < -0.4 is 10.2 Å². The van der Waals surface area contributed by atoms with Gasteiger partial charge in [-0.3, -0.25) is 9.59 Å². The average molecular weight is 396 g/mol. The summed E-state index contributed by atoms with van der Waals surface area (Å²) in [6, 6.07) is 12.6. The zero-order chi connectivity index (χ0) is 20.6. The molecule has 154 valence electrons. The van der Waals surface area contributed by atoms with Crippen LogP contribution >= 0.6 is 0 Å². The monoisotopic (exact) mass is 395 g/mol. The molecule has 29 heavy (non-hydrogen) atoms. The van der Waals surface area contributed by atoms with Crippen LogP contribution in [0.3, 0.4) is 0 Å². The fourth-order valence-corrected chi connectivity index (χ4v) is 3.54. The minimum Gasteiger partial charge on any atom is -0.353 e. The van der Waals surface area contributed by atoms with Gasteiger partial charge in [-0.15, -0.1) is 5.10 Å². The first-order valence-electron chi connectivity index (χ1n) is 10.2. The second kappa shape index (κ2) is 10.0. The van der Waals surface area contributed by atoms with Gasteiger partial charge in [0, 0.05) is 38.8 Å². The molecule has 1 unspecified atom stereocenters. The minimum absolute atomic E-state index is 0.0608. The molecule has 1 N–H and O–H groups in total. The Labute approximate surface area is 172 Å². The third kappa shape index (κ3) is 5.76. The number of anilines is 1. The number of amides is 2. The molecule has 1 aliphatic rings. The molecule has 1 aliphatic heterocycles. The lowest BCUT2D eigenvalue weighted by Gasteiger charge is -2.27. The van der Waals surface area contributed by atoms with E-state index in [4.69, 9.17) is 0 Å². The van der Waals surface area contributed by atoms with E-state index >= 15 is 0 Å². The molecule has 3 rings (SSSR count). The second-order valence-corrected chi connectivity index (χ2v) is 7.76. The highest BCUT2D eigenvalue weighted by atomic mass is 16.2. The van der Waals surface area contributed by atoms with Crippen molar-refractivity contribution in [2.24, 2.45) is 5.92 Å². The van der Waals surface area contributed by atoms with E-state index in [1.807, 2.05) is 61.2 Å². The molecule has 0 bridgehead atoms. The molecule has 1 atom stereocenters. The van der Waals surface area contributed by atoms with Crippen LogP contribution in [0.15, 0.2) is 48.7 Å². The Kier molecular flexibility index (Phi) is 7.16. The van der Waals surface area contributed by atoms with Crippen molar-refractivity contribution in [1.82, 2.24) is 20.4 Å². The van der Waals surface area contributed by atoms with Crippen LogP contribution in [0.2, 0.25) is 0 Å². The number of hydrogen-bond donors (Lipinski definition) is 1. The van der Waals surface area contributed by atoms with Crippen LogP contribution in [0.1, 0.15) is 38.3 Å². The number of hydrogen-bond acceptors (Lipinski definition) is 5. The van der Waals surface area contributed by atoms with Gasteiger partial charge in [0.15, 0.2) is 5.82 Å². The SMILES string of the molecule is CC(C)CC(=O)NC(C(=O)N1CCCN(c2cccnn2)CC1)c1ccccc1. The Morgan fingerprint density at radius 3 is 2.52 bits per heavy atom. The van der Waals surface area contributed by atoms with E-state index in [2.05, 4.69) is 20.4 Å². The van der Waals surface area contributed by atoms with Crippen molar-refractivity contribution in [3.05, 3.63) is 54.2 Å². The molecule has 1 aromatic heterocycles. The van der Waals surface area contributed by atoms with Crippen LogP contribution in [0, 0.1) is 5.92 Å². The summed E-state index contributed by atoms with van der Waals surface area (Å²) in [4.78, 5) is 29.8. The van der Waals surface area contributed by atoms with Gasteiger partial charge in [-0.05, 0) is 30.0 Å². The predicted molar refractivity (Wildman–Crippen MR) is 112 cm³/mol. The van der Waals surface area contributed by atoms with Crippen molar-refractivity contribution in [2.75, 3.05) is 31.1 Å². The maximum absolute atomic E-state index is 13.4. The summed E-state index contributed by atoms with van der Waals surface area (Å²) in [5, 5.41) is 11.1. The Hall–Kier alpha value is -2.96. The summed E-state index contributed by atoms with van der Waals surface area (Å²) in [5.74, 6) is 0.902. The highest BCUT2D eigenvalue weighted by Gasteiger charge is 2.29. The van der Waals surface area contributed by atoms with Gasteiger partial charge in [-0.25, -0.2) is 0 Å². The van der Waals surface area contributed by atoms with Crippen molar-refractivity contribution in [2.45, 2.75) is 32.7 Å². The predicted octanol–water partition coefficient (Wildman–Crippen LogP) is 2.42. The van der Waals surface area contributed by atoms with E-state index in [9.17, 15) is 9.59 Å². The number of rotatable bonds is 6. The van der Waals surface area contributed by atoms with Gasteiger partial charge in [0.05, 0.1) is 0 Å². The Bertz CT molecular complexity index is 797. The Morgan fingerprint density at radius 2 is 1.83 bits per heavy atom. The van der Waals surface area contributed by atoms with Crippen LogP contribution in [0.4, 0.5) is 5.82 Å². The minimum atomic E-state index is -0.662. The maximum Gasteiger partial charge on any atom is 0.249 e. The Morgan fingerprint density at radius 1 is 1.03 bits per heavy atom. The van der Waals surface area contributed by atoms with Crippen molar-refractivity contribution in [3.63, 3.8) is 0 Å². The highest BCUT2D eigenvalue weighted by Crippen LogP contribution is 2.19. The molecule has 1 saturated heterocycles. The van der Waals surface area contributed by atoms with Crippen molar-refractivity contribution in [1.29, 1.82) is 0 Å². The zero-order valence-corrected chi connectivity index (χ0v) is 17.1.